The maximum absolute atomic E-state index is 14.0. The highest BCUT2D eigenvalue weighted by molar-refractivity contribution is 9.10. The van der Waals surface area contributed by atoms with Gasteiger partial charge in [0.1, 0.15) is 5.82 Å². The predicted octanol–water partition coefficient (Wildman–Crippen LogP) is 3.69. The van der Waals surface area contributed by atoms with Crippen LogP contribution in [0.2, 0.25) is 0 Å². The van der Waals surface area contributed by atoms with Gasteiger partial charge in [-0.2, -0.15) is 0 Å². The summed E-state index contributed by atoms with van der Waals surface area (Å²) in [6, 6.07) is 3.92. The molecule has 0 aliphatic carbocycles. The summed E-state index contributed by atoms with van der Waals surface area (Å²) in [5, 5.41) is 3.35. The number of aryl methyl sites for hydroxylation is 1. The van der Waals surface area contributed by atoms with Crippen molar-refractivity contribution in [3.8, 4) is 0 Å². The minimum absolute atomic E-state index is 0.0688. The molecule has 0 saturated carbocycles. The molecule has 0 unspecified atom stereocenters. The fourth-order valence-corrected chi connectivity index (χ4v) is 3.01. The molecule has 1 aliphatic heterocycles. The first-order chi connectivity index (χ1) is 8.20. The molecule has 17 heavy (non-hydrogen) atoms. The highest BCUT2D eigenvalue weighted by Gasteiger charge is 2.17. The molecule has 1 N–H and O–H groups in total. The summed E-state index contributed by atoms with van der Waals surface area (Å²) in [6.45, 7) is 4.25. The molecule has 1 aliphatic rings. The van der Waals surface area contributed by atoms with Crippen molar-refractivity contribution in [1.82, 2.24) is 5.32 Å². The van der Waals surface area contributed by atoms with Gasteiger partial charge in [-0.05, 0) is 77.8 Å². The molecule has 1 nitrogen and oxygen atoms in total. The first-order valence-corrected chi connectivity index (χ1v) is 7.17. The monoisotopic (exact) mass is 299 g/mol. The van der Waals surface area contributed by atoms with Gasteiger partial charge in [-0.1, -0.05) is 13.0 Å². The molecule has 0 spiro atoms. The fourth-order valence-electron chi connectivity index (χ4n) is 2.46. The zero-order valence-electron chi connectivity index (χ0n) is 10.2. The zero-order chi connectivity index (χ0) is 12.3. The van der Waals surface area contributed by atoms with Crippen molar-refractivity contribution < 1.29 is 4.39 Å². The van der Waals surface area contributed by atoms with Crippen LogP contribution in [0.25, 0.3) is 0 Å². The number of piperidine rings is 1. The Labute approximate surface area is 111 Å². The molecule has 0 amide bonds. The predicted molar refractivity (Wildman–Crippen MR) is 72.8 cm³/mol. The largest absolute Gasteiger partial charge is 0.317 e. The van der Waals surface area contributed by atoms with Crippen LogP contribution in [-0.2, 0) is 12.8 Å². The van der Waals surface area contributed by atoms with E-state index < -0.39 is 0 Å². The summed E-state index contributed by atoms with van der Waals surface area (Å²) in [7, 11) is 0. The Bertz CT molecular complexity index is 386. The Kier molecular flexibility index (Phi) is 4.57. The van der Waals surface area contributed by atoms with E-state index in [1.165, 1.54) is 5.56 Å². The Balaban J connectivity index is 2.15. The van der Waals surface area contributed by atoms with E-state index >= 15 is 0 Å². The van der Waals surface area contributed by atoms with Crippen molar-refractivity contribution in [2.45, 2.75) is 32.6 Å². The van der Waals surface area contributed by atoms with E-state index in [1.54, 1.807) is 0 Å². The van der Waals surface area contributed by atoms with Crippen LogP contribution in [0.5, 0.6) is 0 Å². The van der Waals surface area contributed by atoms with Crippen molar-refractivity contribution >= 4 is 15.9 Å². The molecule has 0 bridgehead atoms. The Morgan fingerprint density at radius 3 is 2.71 bits per heavy atom. The lowest BCUT2D eigenvalue weighted by Gasteiger charge is -2.23. The van der Waals surface area contributed by atoms with Crippen LogP contribution < -0.4 is 5.32 Å². The highest BCUT2D eigenvalue weighted by atomic mass is 79.9. The molecule has 0 radical (unpaired) electrons. The van der Waals surface area contributed by atoms with Gasteiger partial charge >= 0.3 is 0 Å². The third-order valence-electron chi connectivity index (χ3n) is 3.54. The van der Waals surface area contributed by atoms with E-state index in [0.29, 0.717) is 10.4 Å². The molecule has 1 saturated heterocycles. The Morgan fingerprint density at radius 1 is 1.35 bits per heavy atom. The van der Waals surface area contributed by atoms with Crippen LogP contribution in [-0.4, -0.2) is 13.1 Å². The first kappa shape index (κ1) is 13.0. The minimum Gasteiger partial charge on any atom is -0.317 e. The SMILES string of the molecule is CCc1cc(Br)c(F)c(CC2CCNCC2)c1. The summed E-state index contributed by atoms with van der Waals surface area (Å²) in [5.41, 5.74) is 2.09. The van der Waals surface area contributed by atoms with Gasteiger partial charge in [0.2, 0.25) is 0 Å². The lowest BCUT2D eigenvalue weighted by Crippen LogP contribution is -2.28. The van der Waals surface area contributed by atoms with E-state index in [1.807, 2.05) is 12.1 Å². The third-order valence-corrected chi connectivity index (χ3v) is 4.12. The van der Waals surface area contributed by atoms with Crippen LogP contribution >= 0.6 is 15.9 Å². The molecule has 1 aromatic carbocycles. The second-order valence-electron chi connectivity index (χ2n) is 4.80. The van der Waals surface area contributed by atoms with Gasteiger partial charge < -0.3 is 5.32 Å². The molecular weight excluding hydrogens is 281 g/mol. The molecule has 94 valence electrons. The maximum atomic E-state index is 14.0. The number of benzene rings is 1. The van der Waals surface area contributed by atoms with Gasteiger partial charge in [-0.15, -0.1) is 0 Å². The summed E-state index contributed by atoms with van der Waals surface area (Å²) in [6.07, 6.45) is 4.15. The van der Waals surface area contributed by atoms with Crippen molar-refractivity contribution in [3.63, 3.8) is 0 Å². The molecule has 1 aromatic rings. The van der Waals surface area contributed by atoms with Gasteiger partial charge in [0.05, 0.1) is 4.47 Å². The third kappa shape index (κ3) is 3.29. The highest BCUT2D eigenvalue weighted by Crippen LogP contribution is 2.26. The summed E-state index contributed by atoms with van der Waals surface area (Å²) >= 11 is 3.32. The van der Waals surface area contributed by atoms with Gasteiger partial charge in [0, 0.05) is 0 Å². The summed E-state index contributed by atoms with van der Waals surface area (Å²) < 4.78 is 14.6. The number of hydrogen-bond donors (Lipinski definition) is 1. The summed E-state index contributed by atoms with van der Waals surface area (Å²) in [4.78, 5) is 0. The molecular formula is C14H19BrFN. The topological polar surface area (TPSA) is 12.0 Å². The van der Waals surface area contributed by atoms with Crippen molar-refractivity contribution in [1.29, 1.82) is 0 Å². The molecule has 2 rings (SSSR count). The van der Waals surface area contributed by atoms with E-state index in [0.717, 1.165) is 44.3 Å². The van der Waals surface area contributed by atoms with Crippen molar-refractivity contribution in [3.05, 3.63) is 33.5 Å². The van der Waals surface area contributed by atoms with Gasteiger partial charge in [-0.3, -0.25) is 0 Å². The Hall–Kier alpha value is -0.410. The van der Waals surface area contributed by atoms with E-state index in [9.17, 15) is 4.39 Å². The maximum Gasteiger partial charge on any atom is 0.140 e. The van der Waals surface area contributed by atoms with Crippen molar-refractivity contribution in [2.75, 3.05) is 13.1 Å². The lowest BCUT2D eigenvalue weighted by molar-refractivity contribution is 0.368. The molecule has 0 aromatic heterocycles. The standard InChI is InChI=1S/C14H19BrFN/c1-2-10-7-12(14(16)13(15)9-10)8-11-3-5-17-6-4-11/h7,9,11,17H,2-6,8H2,1H3. The molecule has 3 heteroatoms. The summed E-state index contributed by atoms with van der Waals surface area (Å²) in [5.74, 6) is 0.561. The van der Waals surface area contributed by atoms with E-state index in [4.69, 9.17) is 0 Å². The quantitative estimate of drug-likeness (QED) is 0.897. The van der Waals surface area contributed by atoms with Crippen LogP contribution in [0.4, 0.5) is 4.39 Å². The van der Waals surface area contributed by atoms with E-state index in [2.05, 4.69) is 28.2 Å². The first-order valence-electron chi connectivity index (χ1n) is 6.38. The smallest absolute Gasteiger partial charge is 0.140 e. The van der Waals surface area contributed by atoms with Gasteiger partial charge in [-0.25, -0.2) is 4.39 Å². The second-order valence-corrected chi connectivity index (χ2v) is 5.66. The fraction of sp³-hybridized carbons (Fsp3) is 0.571. The number of rotatable bonds is 3. The van der Waals surface area contributed by atoms with Crippen LogP contribution in [0.1, 0.15) is 30.9 Å². The number of halogens is 2. The average molecular weight is 300 g/mol. The average Bonchev–Trinajstić information content (AvgIpc) is 2.36. The van der Waals surface area contributed by atoms with Crippen molar-refractivity contribution in [2.24, 2.45) is 5.92 Å². The molecule has 1 heterocycles. The van der Waals surface area contributed by atoms with Crippen LogP contribution in [0, 0.1) is 11.7 Å². The zero-order valence-corrected chi connectivity index (χ0v) is 11.8. The molecule has 1 fully saturated rings. The van der Waals surface area contributed by atoms with Crippen LogP contribution in [0.3, 0.4) is 0 Å². The van der Waals surface area contributed by atoms with Crippen LogP contribution in [0.15, 0.2) is 16.6 Å². The minimum atomic E-state index is -0.0688. The van der Waals surface area contributed by atoms with E-state index in [-0.39, 0.29) is 5.82 Å². The lowest BCUT2D eigenvalue weighted by atomic mass is 9.90. The molecule has 0 atom stereocenters. The second kappa shape index (κ2) is 5.96. The number of nitrogens with one attached hydrogen (secondary N) is 1. The van der Waals surface area contributed by atoms with Gasteiger partial charge in [0.15, 0.2) is 0 Å². The number of hydrogen-bond acceptors (Lipinski definition) is 1. The normalized spacial score (nSPS) is 17.4. The Morgan fingerprint density at radius 2 is 2.06 bits per heavy atom. The van der Waals surface area contributed by atoms with Gasteiger partial charge in [0.25, 0.3) is 0 Å².